The summed E-state index contributed by atoms with van der Waals surface area (Å²) in [5.74, 6) is -2.27. The van der Waals surface area contributed by atoms with Crippen molar-refractivity contribution in [2.24, 2.45) is 0 Å². The average molecular weight is 659 g/mol. The summed E-state index contributed by atoms with van der Waals surface area (Å²) in [5, 5.41) is 19.7. The van der Waals surface area contributed by atoms with Gasteiger partial charge in [-0.15, -0.1) is 0 Å². The summed E-state index contributed by atoms with van der Waals surface area (Å²) >= 11 is 0. The summed E-state index contributed by atoms with van der Waals surface area (Å²) in [5.41, 5.74) is 5.65. The van der Waals surface area contributed by atoms with Crippen LogP contribution in [0.5, 0.6) is 0 Å². The van der Waals surface area contributed by atoms with Crippen LogP contribution < -0.4 is 0 Å². The zero-order chi connectivity index (χ0) is 34.6. The van der Waals surface area contributed by atoms with Gasteiger partial charge in [0.2, 0.25) is 0 Å². The number of rotatable bonds is 26. The summed E-state index contributed by atoms with van der Waals surface area (Å²) in [6, 6.07) is 0. The molecule has 0 radical (unpaired) electrons. The number of aromatic nitrogens is 2. The summed E-state index contributed by atoms with van der Waals surface area (Å²) in [6.45, 7) is 3.71. The van der Waals surface area contributed by atoms with E-state index in [1.165, 1.54) is 14.2 Å². The molecule has 0 saturated carbocycles. The minimum atomic E-state index is -0.986. The lowest BCUT2D eigenvalue weighted by atomic mass is 9.96. The number of carbonyl (C=O) groups is 4. The van der Waals surface area contributed by atoms with E-state index in [-0.39, 0.29) is 23.3 Å². The SMILES string of the molecule is COC(=O)CCCCCCCCCCc1c(Cc2[nH]c(C(=O)O)c(C)c2CCCCCCCCCCC(=O)OC)[nH]c(C(=O)O)c1C. The van der Waals surface area contributed by atoms with E-state index in [0.29, 0.717) is 19.3 Å². The maximum absolute atomic E-state index is 12.0. The third-order valence-electron chi connectivity index (χ3n) is 9.29. The molecule has 0 unspecified atom stereocenters. The quantitative estimate of drug-likeness (QED) is 0.0579. The van der Waals surface area contributed by atoms with E-state index in [2.05, 4.69) is 19.4 Å². The van der Waals surface area contributed by atoms with Crippen LogP contribution in [-0.2, 0) is 38.3 Å². The molecular weight excluding hydrogens is 600 g/mol. The second-order valence-electron chi connectivity index (χ2n) is 12.8. The molecule has 2 aromatic rings. The first-order chi connectivity index (χ1) is 22.6. The third-order valence-corrected chi connectivity index (χ3v) is 9.29. The molecule has 2 aromatic heterocycles. The van der Waals surface area contributed by atoms with Gasteiger partial charge in [0.1, 0.15) is 11.4 Å². The first kappa shape index (κ1) is 39.6. The van der Waals surface area contributed by atoms with Crippen molar-refractivity contribution in [3.05, 3.63) is 45.0 Å². The zero-order valence-corrected chi connectivity index (χ0v) is 29.2. The molecule has 0 aliphatic carbocycles. The lowest BCUT2D eigenvalue weighted by molar-refractivity contribution is -0.141. The van der Waals surface area contributed by atoms with Crippen molar-refractivity contribution >= 4 is 23.9 Å². The lowest BCUT2D eigenvalue weighted by Gasteiger charge is -2.09. The second kappa shape index (κ2) is 22.1. The summed E-state index contributed by atoms with van der Waals surface area (Å²) in [4.78, 5) is 52.8. The van der Waals surface area contributed by atoms with E-state index in [4.69, 9.17) is 0 Å². The Hall–Kier alpha value is -3.56. The fraction of sp³-hybridized carbons (Fsp3) is 0.676. The fourth-order valence-electron chi connectivity index (χ4n) is 6.45. The number of nitrogens with one attached hydrogen (secondary N) is 2. The van der Waals surface area contributed by atoms with Gasteiger partial charge in [-0.3, -0.25) is 9.59 Å². The van der Waals surface area contributed by atoms with Crippen molar-refractivity contribution in [3.63, 3.8) is 0 Å². The molecule has 2 heterocycles. The van der Waals surface area contributed by atoms with Crippen LogP contribution in [0.4, 0.5) is 0 Å². The summed E-state index contributed by atoms with van der Waals surface area (Å²) in [7, 11) is 2.84. The number of methoxy groups -OCH3 is 2. The van der Waals surface area contributed by atoms with Crippen LogP contribution in [0.25, 0.3) is 0 Å². The predicted octanol–water partition coefficient (Wildman–Crippen LogP) is 8.40. The number of carbonyl (C=O) groups excluding carboxylic acids is 2. The number of esters is 2. The topological polar surface area (TPSA) is 159 Å². The van der Waals surface area contributed by atoms with Gasteiger partial charge in [-0.2, -0.15) is 0 Å². The van der Waals surface area contributed by atoms with Crippen LogP contribution in [0, 0.1) is 13.8 Å². The molecule has 2 rings (SSSR count). The molecule has 0 fully saturated rings. The predicted molar refractivity (Wildman–Crippen MR) is 182 cm³/mol. The van der Waals surface area contributed by atoms with Gasteiger partial charge in [0.15, 0.2) is 0 Å². The van der Waals surface area contributed by atoms with Crippen LogP contribution >= 0.6 is 0 Å². The monoisotopic (exact) mass is 658 g/mol. The first-order valence-corrected chi connectivity index (χ1v) is 17.6. The Morgan fingerprint density at radius 1 is 0.511 bits per heavy atom. The van der Waals surface area contributed by atoms with Crippen molar-refractivity contribution in [1.29, 1.82) is 0 Å². The van der Waals surface area contributed by atoms with Crippen molar-refractivity contribution in [3.8, 4) is 0 Å². The number of carboxylic acid groups (broad SMARTS) is 2. The molecule has 0 saturated heterocycles. The van der Waals surface area contributed by atoms with Gasteiger partial charge in [-0.1, -0.05) is 77.0 Å². The normalized spacial score (nSPS) is 11.1. The van der Waals surface area contributed by atoms with Gasteiger partial charge in [0, 0.05) is 30.7 Å². The molecule has 47 heavy (non-hydrogen) atoms. The highest BCUT2D eigenvalue weighted by Gasteiger charge is 2.23. The number of aromatic carboxylic acids is 2. The van der Waals surface area contributed by atoms with Crippen molar-refractivity contribution in [2.45, 2.75) is 149 Å². The largest absolute Gasteiger partial charge is 0.477 e. The Morgan fingerprint density at radius 2 is 0.809 bits per heavy atom. The number of carboxylic acids is 2. The van der Waals surface area contributed by atoms with E-state index in [1.54, 1.807) is 0 Å². The molecule has 0 aromatic carbocycles. The molecule has 10 heteroatoms. The molecule has 0 atom stereocenters. The van der Waals surface area contributed by atoms with Crippen molar-refractivity contribution in [2.75, 3.05) is 14.2 Å². The molecule has 264 valence electrons. The van der Waals surface area contributed by atoms with Crippen LogP contribution in [0.1, 0.15) is 170 Å². The Kier molecular flexibility index (Phi) is 18.6. The minimum absolute atomic E-state index is 0.149. The molecular formula is C37H58N2O8. The molecule has 0 amide bonds. The van der Waals surface area contributed by atoms with Gasteiger partial charge < -0.3 is 29.7 Å². The Balaban J connectivity index is 1.92. The smallest absolute Gasteiger partial charge is 0.352 e. The number of hydrogen-bond donors (Lipinski definition) is 4. The van der Waals surface area contributed by atoms with Gasteiger partial charge in [0.05, 0.1) is 14.2 Å². The zero-order valence-electron chi connectivity index (χ0n) is 29.2. The van der Waals surface area contributed by atoms with Crippen molar-refractivity contribution < 1.29 is 38.9 Å². The molecule has 0 spiro atoms. The van der Waals surface area contributed by atoms with E-state index >= 15 is 0 Å². The van der Waals surface area contributed by atoms with E-state index < -0.39 is 11.9 Å². The van der Waals surface area contributed by atoms with Crippen molar-refractivity contribution in [1.82, 2.24) is 9.97 Å². The highest BCUT2D eigenvalue weighted by atomic mass is 16.5. The summed E-state index contributed by atoms with van der Waals surface area (Å²) in [6.07, 6.45) is 19.7. The standard InChI is InChI=1S/C37H58N2O8/c1-26-28(21-17-13-9-5-7-11-15-19-23-32(40)46-3)30(38-34(26)36(42)43)25-31-29(27(2)35(39-31)37(44)45)22-18-14-10-6-8-12-16-20-24-33(41)47-4/h38-39H,5-25H2,1-4H3,(H,42,43)(H,44,45). The molecule has 4 N–H and O–H groups in total. The van der Waals surface area contributed by atoms with Crippen LogP contribution in [0.2, 0.25) is 0 Å². The third kappa shape index (κ3) is 14.0. The van der Waals surface area contributed by atoms with Crippen LogP contribution in [-0.4, -0.2) is 58.3 Å². The molecule has 0 aliphatic rings. The van der Waals surface area contributed by atoms with E-state index in [0.717, 1.165) is 149 Å². The number of hydrogen-bond acceptors (Lipinski definition) is 6. The Labute approximate surface area is 280 Å². The Bertz CT molecular complexity index is 1180. The molecule has 10 nitrogen and oxygen atoms in total. The first-order valence-electron chi connectivity index (χ1n) is 17.6. The van der Waals surface area contributed by atoms with Crippen LogP contribution in [0.3, 0.4) is 0 Å². The van der Waals surface area contributed by atoms with Gasteiger partial charge in [0.25, 0.3) is 0 Å². The van der Waals surface area contributed by atoms with E-state index in [9.17, 15) is 29.4 Å². The number of aromatic amines is 2. The number of ether oxygens (including phenoxy) is 2. The van der Waals surface area contributed by atoms with Gasteiger partial charge in [-0.25, -0.2) is 9.59 Å². The van der Waals surface area contributed by atoms with Crippen LogP contribution in [0.15, 0.2) is 0 Å². The highest BCUT2D eigenvalue weighted by molar-refractivity contribution is 5.89. The van der Waals surface area contributed by atoms with Gasteiger partial charge in [-0.05, 0) is 74.6 Å². The summed E-state index contributed by atoms with van der Waals surface area (Å²) < 4.78 is 9.36. The highest BCUT2D eigenvalue weighted by Crippen LogP contribution is 2.28. The maximum Gasteiger partial charge on any atom is 0.352 e. The fourth-order valence-corrected chi connectivity index (χ4v) is 6.45. The number of H-pyrrole nitrogens is 2. The lowest BCUT2D eigenvalue weighted by Crippen LogP contribution is -2.01. The molecule has 0 bridgehead atoms. The average Bonchev–Trinajstić information content (AvgIpc) is 3.53. The second-order valence-corrected chi connectivity index (χ2v) is 12.8. The molecule has 0 aliphatic heterocycles. The van der Waals surface area contributed by atoms with Gasteiger partial charge >= 0.3 is 23.9 Å². The minimum Gasteiger partial charge on any atom is -0.477 e. The van der Waals surface area contributed by atoms with E-state index in [1.807, 2.05) is 13.8 Å². The Morgan fingerprint density at radius 3 is 1.11 bits per heavy atom. The maximum atomic E-state index is 12.0. The number of unbranched alkanes of at least 4 members (excludes halogenated alkanes) is 14.